The average molecular weight is 444 g/mol. The lowest BCUT2D eigenvalue weighted by Gasteiger charge is -2.36. The van der Waals surface area contributed by atoms with Crippen molar-refractivity contribution >= 4 is 21.7 Å². The molecular weight excluding hydrogens is 410 g/mol. The molecule has 7 nitrogen and oxygen atoms in total. The van der Waals surface area contributed by atoms with E-state index in [-0.39, 0.29) is 0 Å². The number of rotatable bonds is 5. The molecule has 2 fully saturated rings. The summed E-state index contributed by atoms with van der Waals surface area (Å²) in [6, 6.07) is 9.99. The fourth-order valence-electron chi connectivity index (χ4n) is 4.55. The Morgan fingerprint density at radius 3 is 2.26 bits per heavy atom. The van der Waals surface area contributed by atoms with E-state index >= 15 is 0 Å². The third-order valence-corrected chi connectivity index (χ3v) is 8.60. The number of hydrogen-bond acceptors (Lipinski definition) is 6. The predicted octanol–water partition coefficient (Wildman–Crippen LogP) is 3.37. The van der Waals surface area contributed by atoms with E-state index in [4.69, 9.17) is 0 Å². The van der Waals surface area contributed by atoms with Crippen LogP contribution < -0.4 is 9.80 Å². The predicted molar refractivity (Wildman–Crippen MR) is 124 cm³/mol. The number of piperazine rings is 1. The summed E-state index contributed by atoms with van der Waals surface area (Å²) in [4.78, 5) is 4.88. The van der Waals surface area contributed by atoms with Crippen LogP contribution in [0.25, 0.3) is 0 Å². The van der Waals surface area contributed by atoms with Crippen molar-refractivity contribution in [2.24, 2.45) is 0 Å². The summed E-state index contributed by atoms with van der Waals surface area (Å²) in [7, 11) is -3.47. The first-order chi connectivity index (χ1) is 14.9. The van der Waals surface area contributed by atoms with Gasteiger partial charge in [-0.25, -0.2) is 8.42 Å². The topological polar surface area (TPSA) is 69.6 Å². The lowest BCUT2D eigenvalue weighted by molar-refractivity contribution is 0.383. The van der Waals surface area contributed by atoms with Crippen LogP contribution in [-0.2, 0) is 10.0 Å². The highest BCUT2D eigenvalue weighted by Gasteiger charge is 2.29. The fraction of sp³-hybridized carbons (Fsp3) is 0.565. The Hall–Kier alpha value is -2.19. The molecule has 2 saturated heterocycles. The standard InChI is InChI=1S/C23H33N5O2S/c1-4-20-7-5-6-12-28(20)23-11-10-22(24-25-23)26-13-15-27(16-14-26)31(29,30)21-9-8-18(2)19(3)17-21/h8-11,17,20H,4-7,12-16H2,1-3H3. The lowest BCUT2D eigenvalue weighted by atomic mass is 10.0. The van der Waals surface area contributed by atoms with E-state index < -0.39 is 10.0 Å². The minimum atomic E-state index is -3.47. The van der Waals surface area contributed by atoms with Crippen LogP contribution in [0, 0.1) is 13.8 Å². The largest absolute Gasteiger partial charge is 0.352 e. The molecule has 1 aromatic carbocycles. The SMILES string of the molecule is CCC1CCCCN1c1ccc(N2CCN(S(=O)(=O)c3ccc(C)c(C)c3)CC2)nn1. The van der Waals surface area contributed by atoms with Gasteiger partial charge in [0.25, 0.3) is 0 Å². The van der Waals surface area contributed by atoms with Crippen LogP contribution in [0.1, 0.15) is 43.7 Å². The van der Waals surface area contributed by atoms with E-state index in [9.17, 15) is 8.42 Å². The second-order valence-corrected chi connectivity index (χ2v) is 10.6. The molecule has 8 heteroatoms. The number of anilines is 2. The molecule has 0 amide bonds. The van der Waals surface area contributed by atoms with E-state index in [1.165, 1.54) is 19.3 Å². The van der Waals surface area contributed by atoms with Gasteiger partial charge < -0.3 is 9.80 Å². The zero-order valence-electron chi connectivity index (χ0n) is 18.8. The normalized spacial score (nSPS) is 20.8. The van der Waals surface area contributed by atoms with Gasteiger partial charge in [-0.15, -0.1) is 10.2 Å². The Morgan fingerprint density at radius 2 is 1.61 bits per heavy atom. The van der Waals surface area contributed by atoms with Crippen LogP contribution in [0.4, 0.5) is 11.6 Å². The molecule has 1 unspecified atom stereocenters. The van der Waals surface area contributed by atoms with Crippen molar-refractivity contribution in [1.82, 2.24) is 14.5 Å². The maximum absolute atomic E-state index is 13.0. The molecule has 4 rings (SSSR count). The molecule has 0 spiro atoms. The van der Waals surface area contributed by atoms with Crippen molar-refractivity contribution in [2.45, 2.75) is 57.4 Å². The Morgan fingerprint density at radius 1 is 0.903 bits per heavy atom. The van der Waals surface area contributed by atoms with Gasteiger partial charge in [0.05, 0.1) is 4.90 Å². The van der Waals surface area contributed by atoms with E-state index in [2.05, 4.69) is 33.0 Å². The Labute approximate surface area is 186 Å². The van der Waals surface area contributed by atoms with Crippen LogP contribution in [-0.4, -0.2) is 61.7 Å². The van der Waals surface area contributed by atoms with Gasteiger partial charge in [-0.05, 0) is 74.9 Å². The van der Waals surface area contributed by atoms with Crippen molar-refractivity contribution in [1.29, 1.82) is 0 Å². The molecule has 0 radical (unpaired) electrons. The molecule has 168 valence electrons. The first kappa shape index (κ1) is 22.0. The summed E-state index contributed by atoms with van der Waals surface area (Å²) in [5.41, 5.74) is 2.09. The van der Waals surface area contributed by atoms with Gasteiger partial charge in [0.1, 0.15) is 0 Å². The number of piperidine rings is 1. The summed E-state index contributed by atoms with van der Waals surface area (Å²) in [5.74, 6) is 1.77. The number of benzene rings is 1. The molecule has 1 aromatic heterocycles. The minimum Gasteiger partial charge on any atom is -0.352 e. The first-order valence-electron chi connectivity index (χ1n) is 11.3. The molecule has 0 saturated carbocycles. The molecule has 0 aliphatic carbocycles. The van der Waals surface area contributed by atoms with Crippen molar-refractivity contribution in [3.63, 3.8) is 0 Å². The summed E-state index contributed by atoms with van der Waals surface area (Å²) in [6.07, 6.45) is 4.84. The average Bonchev–Trinajstić information content (AvgIpc) is 2.81. The highest BCUT2D eigenvalue weighted by Crippen LogP contribution is 2.26. The molecule has 2 aromatic rings. The number of nitrogens with zero attached hydrogens (tertiary/aromatic N) is 5. The van der Waals surface area contributed by atoms with Crippen LogP contribution >= 0.6 is 0 Å². The third kappa shape index (κ3) is 4.55. The number of sulfonamides is 1. The van der Waals surface area contributed by atoms with Crippen molar-refractivity contribution in [2.75, 3.05) is 42.5 Å². The van der Waals surface area contributed by atoms with Gasteiger partial charge in [0.15, 0.2) is 11.6 Å². The van der Waals surface area contributed by atoms with Gasteiger partial charge in [-0.3, -0.25) is 0 Å². The highest BCUT2D eigenvalue weighted by atomic mass is 32.2. The molecule has 3 heterocycles. The smallest absolute Gasteiger partial charge is 0.243 e. The first-order valence-corrected chi connectivity index (χ1v) is 12.8. The zero-order valence-corrected chi connectivity index (χ0v) is 19.6. The Balaban J connectivity index is 1.41. The zero-order chi connectivity index (χ0) is 22.0. The summed E-state index contributed by atoms with van der Waals surface area (Å²) in [6.45, 7) is 9.33. The number of aromatic nitrogens is 2. The fourth-order valence-corrected chi connectivity index (χ4v) is 6.06. The van der Waals surface area contributed by atoms with Gasteiger partial charge in [-0.1, -0.05) is 13.0 Å². The Kier molecular flexibility index (Phi) is 6.48. The Bertz CT molecular complexity index is 1000. The second-order valence-electron chi connectivity index (χ2n) is 8.64. The van der Waals surface area contributed by atoms with E-state index in [1.807, 2.05) is 26.0 Å². The number of aryl methyl sites for hydroxylation is 2. The molecule has 0 N–H and O–H groups in total. The molecule has 2 aliphatic rings. The van der Waals surface area contributed by atoms with Gasteiger partial charge in [0, 0.05) is 38.8 Å². The van der Waals surface area contributed by atoms with Crippen LogP contribution in [0.15, 0.2) is 35.2 Å². The molecular formula is C23H33N5O2S. The third-order valence-electron chi connectivity index (χ3n) is 6.71. The maximum Gasteiger partial charge on any atom is 0.243 e. The van der Waals surface area contributed by atoms with E-state index in [1.54, 1.807) is 16.4 Å². The van der Waals surface area contributed by atoms with Crippen molar-refractivity contribution in [3.8, 4) is 0 Å². The summed E-state index contributed by atoms with van der Waals surface area (Å²) >= 11 is 0. The van der Waals surface area contributed by atoms with Crippen molar-refractivity contribution < 1.29 is 8.42 Å². The van der Waals surface area contributed by atoms with Gasteiger partial charge in [-0.2, -0.15) is 4.31 Å². The van der Waals surface area contributed by atoms with E-state index in [0.717, 1.165) is 35.7 Å². The molecule has 0 bridgehead atoms. The van der Waals surface area contributed by atoms with Gasteiger partial charge >= 0.3 is 0 Å². The molecule has 2 aliphatic heterocycles. The summed E-state index contributed by atoms with van der Waals surface area (Å²) in [5, 5.41) is 8.99. The van der Waals surface area contributed by atoms with Crippen LogP contribution in [0.2, 0.25) is 0 Å². The van der Waals surface area contributed by atoms with Crippen LogP contribution in [0.3, 0.4) is 0 Å². The monoisotopic (exact) mass is 443 g/mol. The minimum absolute atomic E-state index is 0.375. The second kappa shape index (κ2) is 9.12. The quantitative estimate of drug-likeness (QED) is 0.706. The van der Waals surface area contributed by atoms with Crippen LogP contribution in [0.5, 0.6) is 0 Å². The lowest BCUT2D eigenvalue weighted by Crippen LogP contribution is -2.49. The maximum atomic E-state index is 13.0. The molecule has 31 heavy (non-hydrogen) atoms. The van der Waals surface area contributed by atoms with Gasteiger partial charge in [0.2, 0.25) is 10.0 Å². The summed E-state index contributed by atoms with van der Waals surface area (Å²) < 4.78 is 27.7. The van der Waals surface area contributed by atoms with Crippen molar-refractivity contribution in [3.05, 3.63) is 41.5 Å². The highest BCUT2D eigenvalue weighted by molar-refractivity contribution is 7.89. The van der Waals surface area contributed by atoms with E-state index in [0.29, 0.717) is 37.1 Å². The molecule has 1 atom stereocenters. The number of hydrogen-bond donors (Lipinski definition) is 0.